The Hall–Kier alpha value is -1.88. The number of hydrogen-bond acceptors (Lipinski definition) is 3. The second-order valence-corrected chi connectivity index (χ2v) is 6.38. The van der Waals surface area contributed by atoms with Gasteiger partial charge in [-0.25, -0.2) is 0 Å². The summed E-state index contributed by atoms with van der Waals surface area (Å²) in [6.07, 6.45) is 7.05. The summed E-state index contributed by atoms with van der Waals surface area (Å²) in [6.45, 7) is 0.641. The molecule has 0 spiro atoms. The van der Waals surface area contributed by atoms with Gasteiger partial charge in [-0.2, -0.15) is 0 Å². The summed E-state index contributed by atoms with van der Waals surface area (Å²) in [5.74, 6) is -0.197. The number of ether oxygens (including phenoxy) is 1. The maximum Gasteiger partial charge on any atom is 0.253 e. The van der Waals surface area contributed by atoms with Gasteiger partial charge in [0, 0.05) is 23.9 Å². The molecule has 2 amide bonds. The Kier molecular flexibility index (Phi) is 5.28. The minimum absolute atomic E-state index is 0.0647. The lowest BCUT2D eigenvalue weighted by atomic mass is 9.95. The largest absolute Gasteiger partial charge is 0.368 e. The van der Waals surface area contributed by atoms with E-state index in [4.69, 9.17) is 4.74 Å². The standard InChI is InChI=1S/C18H24N2O3/c21-17(19-14-7-2-1-3-8-14)13-6-4-9-15(12-13)20-18(22)16-10-5-11-23-16/h4,6,9,12,14,16H,1-3,5,7-8,10-11H2,(H,19,21)(H,20,22)/t16-/m0/s1. The van der Waals surface area contributed by atoms with Crippen LogP contribution in [-0.2, 0) is 9.53 Å². The van der Waals surface area contributed by atoms with Crippen LogP contribution in [0.1, 0.15) is 55.3 Å². The maximum absolute atomic E-state index is 12.4. The molecule has 5 nitrogen and oxygen atoms in total. The van der Waals surface area contributed by atoms with Crippen LogP contribution in [0, 0.1) is 0 Å². The Morgan fingerprint density at radius 1 is 1.04 bits per heavy atom. The summed E-state index contributed by atoms with van der Waals surface area (Å²) in [5.41, 5.74) is 1.22. The molecule has 0 unspecified atom stereocenters. The highest BCUT2D eigenvalue weighted by Gasteiger charge is 2.23. The summed E-state index contributed by atoms with van der Waals surface area (Å²) in [4.78, 5) is 24.4. The third-order valence-electron chi connectivity index (χ3n) is 4.55. The lowest BCUT2D eigenvalue weighted by molar-refractivity contribution is -0.124. The van der Waals surface area contributed by atoms with Gasteiger partial charge >= 0.3 is 0 Å². The van der Waals surface area contributed by atoms with Gasteiger partial charge < -0.3 is 15.4 Å². The average molecular weight is 316 g/mol. The predicted molar refractivity (Wildman–Crippen MR) is 88.4 cm³/mol. The SMILES string of the molecule is O=C(NC1CCCCC1)c1cccc(NC(=O)[C@@H]2CCCO2)c1. The van der Waals surface area contributed by atoms with Crippen molar-refractivity contribution in [3.63, 3.8) is 0 Å². The molecule has 1 aliphatic heterocycles. The molecule has 1 heterocycles. The smallest absolute Gasteiger partial charge is 0.253 e. The average Bonchev–Trinajstić information content (AvgIpc) is 3.11. The third-order valence-corrected chi connectivity index (χ3v) is 4.55. The summed E-state index contributed by atoms with van der Waals surface area (Å²) in [7, 11) is 0. The minimum atomic E-state index is -0.366. The van der Waals surface area contributed by atoms with Crippen LogP contribution >= 0.6 is 0 Å². The number of hydrogen-bond donors (Lipinski definition) is 2. The minimum Gasteiger partial charge on any atom is -0.368 e. The van der Waals surface area contributed by atoms with Crippen molar-refractivity contribution in [2.45, 2.75) is 57.1 Å². The number of carbonyl (C=O) groups is 2. The van der Waals surface area contributed by atoms with Crippen LogP contribution in [0.4, 0.5) is 5.69 Å². The number of anilines is 1. The van der Waals surface area contributed by atoms with Crippen molar-refractivity contribution < 1.29 is 14.3 Å². The van der Waals surface area contributed by atoms with Gasteiger partial charge in [0.25, 0.3) is 11.8 Å². The van der Waals surface area contributed by atoms with Crippen molar-refractivity contribution in [3.05, 3.63) is 29.8 Å². The normalized spacial score (nSPS) is 21.8. The summed E-state index contributed by atoms with van der Waals surface area (Å²) in [6, 6.07) is 7.37. The van der Waals surface area contributed by atoms with Gasteiger partial charge in [0.1, 0.15) is 6.10 Å². The van der Waals surface area contributed by atoms with E-state index in [0.717, 1.165) is 25.7 Å². The first-order chi connectivity index (χ1) is 11.2. The van der Waals surface area contributed by atoms with Crippen LogP contribution in [-0.4, -0.2) is 30.6 Å². The molecule has 0 radical (unpaired) electrons. The molecule has 2 aliphatic rings. The maximum atomic E-state index is 12.4. The molecule has 1 atom stereocenters. The van der Waals surface area contributed by atoms with E-state index < -0.39 is 0 Å². The third kappa shape index (κ3) is 4.32. The Balaban J connectivity index is 1.59. The van der Waals surface area contributed by atoms with E-state index in [1.54, 1.807) is 24.3 Å². The Bertz CT molecular complexity index is 561. The van der Waals surface area contributed by atoms with Gasteiger partial charge in [-0.3, -0.25) is 9.59 Å². The monoisotopic (exact) mass is 316 g/mol. The zero-order valence-electron chi connectivity index (χ0n) is 13.3. The van der Waals surface area contributed by atoms with Crippen LogP contribution < -0.4 is 10.6 Å². The van der Waals surface area contributed by atoms with E-state index in [-0.39, 0.29) is 24.0 Å². The van der Waals surface area contributed by atoms with Crippen molar-refractivity contribution in [2.24, 2.45) is 0 Å². The molecule has 1 saturated carbocycles. The van der Waals surface area contributed by atoms with E-state index >= 15 is 0 Å². The molecule has 2 N–H and O–H groups in total. The van der Waals surface area contributed by atoms with Crippen molar-refractivity contribution in [3.8, 4) is 0 Å². The van der Waals surface area contributed by atoms with Gasteiger partial charge in [0.15, 0.2) is 0 Å². The second-order valence-electron chi connectivity index (χ2n) is 6.38. The topological polar surface area (TPSA) is 67.4 Å². The summed E-state index contributed by atoms with van der Waals surface area (Å²) >= 11 is 0. The summed E-state index contributed by atoms with van der Waals surface area (Å²) in [5, 5.41) is 5.93. The van der Waals surface area contributed by atoms with Gasteiger partial charge in [-0.05, 0) is 43.9 Å². The highest BCUT2D eigenvalue weighted by atomic mass is 16.5. The molecule has 1 saturated heterocycles. The molecule has 1 aromatic rings. The van der Waals surface area contributed by atoms with Crippen LogP contribution in [0.2, 0.25) is 0 Å². The molecule has 124 valence electrons. The zero-order valence-corrected chi connectivity index (χ0v) is 13.3. The highest BCUT2D eigenvalue weighted by molar-refractivity contribution is 5.98. The number of benzene rings is 1. The molecular weight excluding hydrogens is 292 g/mol. The van der Waals surface area contributed by atoms with Crippen LogP contribution in [0.3, 0.4) is 0 Å². The molecule has 2 fully saturated rings. The number of carbonyl (C=O) groups excluding carboxylic acids is 2. The van der Waals surface area contributed by atoms with Crippen LogP contribution in [0.25, 0.3) is 0 Å². The number of amides is 2. The molecule has 1 aromatic carbocycles. The molecule has 0 bridgehead atoms. The number of rotatable bonds is 4. The molecule has 5 heteroatoms. The lowest BCUT2D eigenvalue weighted by Gasteiger charge is -2.22. The molecule has 0 aromatic heterocycles. The summed E-state index contributed by atoms with van der Waals surface area (Å²) < 4.78 is 5.37. The van der Waals surface area contributed by atoms with Gasteiger partial charge in [0.2, 0.25) is 0 Å². The zero-order chi connectivity index (χ0) is 16.1. The van der Waals surface area contributed by atoms with Crippen molar-refractivity contribution in [1.82, 2.24) is 5.32 Å². The first-order valence-corrected chi connectivity index (χ1v) is 8.56. The first kappa shape index (κ1) is 16.0. The van der Waals surface area contributed by atoms with Crippen LogP contribution in [0.15, 0.2) is 24.3 Å². The van der Waals surface area contributed by atoms with Crippen LogP contribution in [0.5, 0.6) is 0 Å². The van der Waals surface area contributed by atoms with E-state index in [9.17, 15) is 9.59 Å². The van der Waals surface area contributed by atoms with Crippen molar-refractivity contribution >= 4 is 17.5 Å². The van der Waals surface area contributed by atoms with E-state index in [0.29, 0.717) is 17.9 Å². The number of nitrogens with one attached hydrogen (secondary N) is 2. The van der Waals surface area contributed by atoms with E-state index in [2.05, 4.69) is 10.6 Å². The van der Waals surface area contributed by atoms with E-state index in [1.807, 2.05) is 0 Å². The molecule has 3 rings (SSSR count). The fraction of sp³-hybridized carbons (Fsp3) is 0.556. The second kappa shape index (κ2) is 7.59. The predicted octanol–water partition coefficient (Wildman–Crippen LogP) is 2.87. The fourth-order valence-corrected chi connectivity index (χ4v) is 3.26. The Morgan fingerprint density at radius 3 is 2.61 bits per heavy atom. The van der Waals surface area contributed by atoms with Gasteiger partial charge in [-0.1, -0.05) is 25.3 Å². The van der Waals surface area contributed by atoms with Crippen molar-refractivity contribution in [1.29, 1.82) is 0 Å². The molecular formula is C18H24N2O3. The van der Waals surface area contributed by atoms with Crippen molar-refractivity contribution in [2.75, 3.05) is 11.9 Å². The van der Waals surface area contributed by atoms with E-state index in [1.165, 1.54) is 19.3 Å². The lowest BCUT2D eigenvalue weighted by Crippen LogP contribution is -2.36. The first-order valence-electron chi connectivity index (χ1n) is 8.56. The highest BCUT2D eigenvalue weighted by Crippen LogP contribution is 2.19. The van der Waals surface area contributed by atoms with Gasteiger partial charge in [0.05, 0.1) is 0 Å². The van der Waals surface area contributed by atoms with Gasteiger partial charge in [-0.15, -0.1) is 0 Å². The Morgan fingerprint density at radius 2 is 1.87 bits per heavy atom. The fourth-order valence-electron chi connectivity index (χ4n) is 3.26. The molecule has 1 aliphatic carbocycles. The molecule has 23 heavy (non-hydrogen) atoms. The Labute approximate surface area is 136 Å². The quantitative estimate of drug-likeness (QED) is 0.897.